The molecule has 0 radical (unpaired) electrons. The van der Waals surface area contributed by atoms with Crippen LogP contribution >= 0.6 is 11.3 Å². The number of benzene rings is 2. The zero-order valence-electron chi connectivity index (χ0n) is 15.3. The molecule has 1 aromatic heterocycles. The van der Waals surface area contributed by atoms with Crippen LogP contribution in [0.5, 0.6) is 0 Å². The summed E-state index contributed by atoms with van der Waals surface area (Å²) in [5, 5.41) is 0.591. The zero-order valence-corrected chi connectivity index (χ0v) is 16.2. The number of carbonyl (C=O) groups is 1. The maximum absolute atomic E-state index is 13.1. The molecule has 2 heterocycles. The molecule has 1 saturated heterocycles. The average Bonchev–Trinajstić information content (AvgIpc) is 3.26. The minimum atomic E-state index is 0.0488. The molecule has 1 amide bonds. The maximum atomic E-state index is 13.1. The molecule has 2 atom stereocenters. The van der Waals surface area contributed by atoms with Gasteiger partial charge in [0.1, 0.15) is 0 Å². The van der Waals surface area contributed by atoms with E-state index in [1.54, 1.807) is 0 Å². The molecule has 5 heteroatoms. The predicted molar refractivity (Wildman–Crippen MR) is 107 cm³/mol. The summed E-state index contributed by atoms with van der Waals surface area (Å²) >= 11 is 1.48. The normalized spacial score (nSPS) is 20.2. The van der Waals surface area contributed by atoms with Crippen molar-refractivity contribution in [2.45, 2.75) is 18.9 Å². The molecule has 1 fully saturated rings. The molecular weight excluding hydrogens is 342 g/mol. The number of fused-ring (bicyclic) bond motifs is 1. The van der Waals surface area contributed by atoms with Crippen LogP contribution in [0.4, 0.5) is 0 Å². The van der Waals surface area contributed by atoms with Gasteiger partial charge in [0, 0.05) is 25.0 Å². The second-order valence-corrected chi connectivity index (χ2v) is 8.28. The van der Waals surface area contributed by atoms with Gasteiger partial charge in [-0.25, -0.2) is 4.98 Å². The highest BCUT2D eigenvalue weighted by molar-refractivity contribution is 7.20. The van der Waals surface area contributed by atoms with Gasteiger partial charge in [-0.1, -0.05) is 42.0 Å². The Balaban J connectivity index is 1.60. The quantitative estimate of drug-likeness (QED) is 0.709. The molecule has 2 aromatic carbocycles. The smallest absolute Gasteiger partial charge is 0.282 e. The Bertz CT molecular complexity index is 899. The van der Waals surface area contributed by atoms with Crippen LogP contribution in [-0.4, -0.2) is 53.9 Å². The number of hydrogen-bond acceptors (Lipinski definition) is 4. The third kappa shape index (κ3) is 3.13. The van der Waals surface area contributed by atoms with Crippen molar-refractivity contribution < 1.29 is 4.79 Å². The summed E-state index contributed by atoms with van der Waals surface area (Å²) in [5.41, 5.74) is 3.46. The number of para-hydroxylation sites is 1. The largest absolute Gasteiger partial charge is 0.334 e. The van der Waals surface area contributed by atoms with Gasteiger partial charge in [-0.3, -0.25) is 4.79 Å². The number of nitrogens with zero attached hydrogens (tertiary/aromatic N) is 3. The van der Waals surface area contributed by atoms with Crippen molar-refractivity contribution in [3.8, 4) is 0 Å². The lowest BCUT2D eigenvalue weighted by Crippen LogP contribution is -2.35. The number of hydrogen-bond donors (Lipinski definition) is 0. The van der Waals surface area contributed by atoms with Crippen molar-refractivity contribution in [1.82, 2.24) is 14.8 Å². The summed E-state index contributed by atoms with van der Waals surface area (Å²) in [6, 6.07) is 16.9. The maximum Gasteiger partial charge on any atom is 0.282 e. The molecule has 1 aliphatic heterocycles. The predicted octanol–water partition coefficient (Wildman–Crippen LogP) is 3.77. The van der Waals surface area contributed by atoms with Crippen LogP contribution in [0, 0.1) is 6.92 Å². The van der Waals surface area contributed by atoms with Gasteiger partial charge in [0.25, 0.3) is 5.91 Å². The fourth-order valence-electron chi connectivity index (χ4n) is 3.72. The molecule has 134 valence electrons. The lowest BCUT2D eigenvalue weighted by Gasteiger charge is -2.25. The minimum Gasteiger partial charge on any atom is -0.334 e. The average molecular weight is 366 g/mol. The van der Waals surface area contributed by atoms with Crippen molar-refractivity contribution in [3.05, 3.63) is 64.7 Å². The van der Waals surface area contributed by atoms with Gasteiger partial charge >= 0.3 is 0 Å². The molecule has 0 saturated carbocycles. The zero-order chi connectivity index (χ0) is 18.3. The molecule has 0 N–H and O–H groups in total. The fourth-order valence-corrected chi connectivity index (χ4v) is 4.65. The highest BCUT2D eigenvalue weighted by atomic mass is 32.1. The Hall–Kier alpha value is -2.24. The van der Waals surface area contributed by atoms with Crippen molar-refractivity contribution in [2.24, 2.45) is 0 Å². The molecule has 3 aromatic rings. The third-order valence-electron chi connectivity index (χ3n) is 5.22. The van der Waals surface area contributed by atoms with E-state index in [-0.39, 0.29) is 5.91 Å². The van der Waals surface area contributed by atoms with E-state index >= 15 is 0 Å². The molecule has 4 nitrogen and oxygen atoms in total. The number of aryl methyl sites for hydroxylation is 1. The minimum absolute atomic E-state index is 0.0488. The first-order valence-corrected chi connectivity index (χ1v) is 9.72. The van der Waals surface area contributed by atoms with Gasteiger partial charge in [0.15, 0.2) is 5.01 Å². The molecule has 0 aliphatic carbocycles. The molecule has 0 spiro atoms. The van der Waals surface area contributed by atoms with Crippen LogP contribution in [0.15, 0.2) is 48.5 Å². The van der Waals surface area contributed by atoms with E-state index < -0.39 is 0 Å². The van der Waals surface area contributed by atoms with Gasteiger partial charge in [-0.05, 0) is 38.7 Å². The van der Waals surface area contributed by atoms with Gasteiger partial charge in [-0.15, -0.1) is 11.3 Å². The molecule has 1 aliphatic rings. The van der Waals surface area contributed by atoms with Crippen LogP contribution in [0.2, 0.25) is 0 Å². The monoisotopic (exact) mass is 365 g/mol. The fraction of sp³-hybridized carbons (Fsp3) is 0.333. The number of aromatic nitrogens is 1. The van der Waals surface area contributed by atoms with Gasteiger partial charge in [-0.2, -0.15) is 0 Å². The van der Waals surface area contributed by atoms with E-state index in [1.807, 2.05) is 29.2 Å². The second-order valence-electron chi connectivity index (χ2n) is 7.25. The third-order valence-corrected chi connectivity index (χ3v) is 6.25. The Morgan fingerprint density at radius 3 is 2.54 bits per heavy atom. The van der Waals surface area contributed by atoms with E-state index in [4.69, 9.17) is 0 Å². The molecule has 2 unspecified atom stereocenters. The standard InChI is InChI=1S/C21H23N3OS/c1-14-8-10-15(11-9-14)16-12-24(13-18(16)23(2)3)21(25)20-22-17-6-4-5-7-19(17)26-20/h4-11,16,18H,12-13H2,1-3H3. The summed E-state index contributed by atoms with van der Waals surface area (Å²) in [6.45, 7) is 3.58. The van der Waals surface area contributed by atoms with E-state index in [0.29, 0.717) is 17.0 Å². The highest BCUT2D eigenvalue weighted by Gasteiger charge is 2.38. The van der Waals surface area contributed by atoms with Crippen molar-refractivity contribution in [2.75, 3.05) is 27.2 Å². The Morgan fingerprint density at radius 1 is 1.12 bits per heavy atom. The molecule has 0 bridgehead atoms. The van der Waals surface area contributed by atoms with Crippen LogP contribution < -0.4 is 0 Å². The number of likely N-dealkylation sites (tertiary alicyclic amines) is 1. The van der Waals surface area contributed by atoms with Crippen molar-refractivity contribution >= 4 is 27.5 Å². The Kier molecular flexibility index (Phi) is 4.51. The van der Waals surface area contributed by atoms with Crippen LogP contribution in [0.1, 0.15) is 26.8 Å². The summed E-state index contributed by atoms with van der Waals surface area (Å²) < 4.78 is 1.06. The van der Waals surface area contributed by atoms with Crippen LogP contribution in [-0.2, 0) is 0 Å². The van der Waals surface area contributed by atoms with E-state index in [0.717, 1.165) is 23.3 Å². The summed E-state index contributed by atoms with van der Waals surface area (Å²) in [5.74, 6) is 0.372. The summed E-state index contributed by atoms with van der Waals surface area (Å²) in [6.07, 6.45) is 0. The van der Waals surface area contributed by atoms with Gasteiger partial charge in [0.2, 0.25) is 0 Å². The van der Waals surface area contributed by atoms with Crippen LogP contribution in [0.3, 0.4) is 0 Å². The second kappa shape index (κ2) is 6.82. The van der Waals surface area contributed by atoms with E-state index in [2.05, 4.69) is 55.2 Å². The SMILES string of the molecule is Cc1ccc(C2CN(C(=O)c3nc4ccccc4s3)CC2N(C)C)cc1. The van der Waals surface area contributed by atoms with Gasteiger partial charge in [0.05, 0.1) is 10.2 Å². The van der Waals surface area contributed by atoms with Crippen molar-refractivity contribution in [1.29, 1.82) is 0 Å². The first-order chi connectivity index (χ1) is 12.5. The van der Waals surface area contributed by atoms with E-state index in [9.17, 15) is 4.79 Å². The Labute approximate surface area is 158 Å². The lowest BCUT2D eigenvalue weighted by atomic mass is 9.93. The number of likely N-dealkylation sites (N-methyl/N-ethyl adjacent to an activating group) is 1. The number of carbonyl (C=O) groups excluding carboxylic acids is 1. The highest BCUT2D eigenvalue weighted by Crippen LogP contribution is 2.32. The summed E-state index contributed by atoms with van der Waals surface area (Å²) in [7, 11) is 4.19. The number of thiazole rings is 1. The lowest BCUT2D eigenvalue weighted by molar-refractivity contribution is 0.0782. The van der Waals surface area contributed by atoms with E-state index in [1.165, 1.54) is 22.5 Å². The Morgan fingerprint density at radius 2 is 1.85 bits per heavy atom. The molecule has 26 heavy (non-hydrogen) atoms. The first kappa shape index (κ1) is 17.2. The number of rotatable bonds is 3. The molecular formula is C21H23N3OS. The molecule has 4 rings (SSSR count). The van der Waals surface area contributed by atoms with Crippen molar-refractivity contribution in [3.63, 3.8) is 0 Å². The first-order valence-electron chi connectivity index (χ1n) is 8.91. The van der Waals surface area contributed by atoms with Crippen LogP contribution in [0.25, 0.3) is 10.2 Å². The summed E-state index contributed by atoms with van der Waals surface area (Å²) in [4.78, 5) is 21.8. The van der Waals surface area contributed by atoms with Gasteiger partial charge < -0.3 is 9.80 Å². The topological polar surface area (TPSA) is 36.4 Å². The number of amides is 1.